The van der Waals surface area contributed by atoms with Crippen LogP contribution in [0.4, 0.5) is 34.1 Å². The summed E-state index contributed by atoms with van der Waals surface area (Å²) in [5.41, 5.74) is 13.6. The van der Waals surface area contributed by atoms with Gasteiger partial charge in [0.1, 0.15) is 0 Å². The van der Waals surface area contributed by atoms with Crippen LogP contribution in [0, 0.1) is 0 Å². The largest absolute Gasteiger partial charge is 0.308 e. The molecule has 2 nitrogen and oxygen atoms in total. The SMILES string of the molecule is c1ccc(-c2ccc(N(c3ccccc3)c3ccc4c(sc5cc6ccccc6cc54)c3N(c3ccc(-c4ccccc4)cc3)c3cccc(-c4ccccc4)c3)cc2)cc1. The second-order valence-corrected chi connectivity index (χ2v) is 16.4. The molecular formula is C58H40N2S. The molecule has 0 bridgehead atoms. The zero-order valence-corrected chi connectivity index (χ0v) is 34.2. The Hall–Kier alpha value is -7.72. The molecule has 0 fully saturated rings. The van der Waals surface area contributed by atoms with Crippen LogP contribution >= 0.6 is 11.3 Å². The Balaban J connectivity index is 1.21. The van der Waals surface area contributed by atoms with Crippen molar-refractivity contribution in [3.8, 4) is 33.4 Å². The highest BCUT2D eigenvalue weighted by Crippen LogP contribution is 2.53. The number of para-hydroxylation sites is 1. The molecule has 0 saturated heterocycles. The van der Waals surface area contributed by atoms with Crippen LogP contribution in [0.25, 0.3) is 64.3 Å². The quantitative estimate of drug-likeness (QED) is 0.144. The Morgan fingerprint density at radius 3 is 1.31 bits per heavy atom. The van der Waals surface area contributed by atoms with E-state index in [4.69, 9.17) is 0 Å². The number of rotatable bonds is 9. The van der Waals surface area contributed by atoms with Crippen molar-refractivity contribution in [1.29, 1.82) is 0 Å². The first-order valence-corrected chi connectivity index (χ1v) is 21.6. The summed E-state index contributed by atoms with van der Waals surface area (Å²) >= 11 is 1.87. The molecule has 288 valence electrons. The Morgan fingerprint density at radius 1 is 0.279 bits per heavy atom. The molecule has 1 aromatic heterocycles. The second kappa shape index (κ2) is 15.8. The average molecular weight is 797 g/mol. The number of thiophene rings is 1. The molecule has 11 rings (SSSR count). The normalized spacial score (nSPS) is 11.3. The lowest BCUT2D eigenvalue weighted by atomic mass is 10.0. The highest BCUT2D eigenvalue weighted by atomic mass is 32.1. The van der Waals surface area contributed by atoms with Crippen LogP contribution in [-0.4, -0.2) is 0 Å². The standard InChI is InChI=1S/C58H40N2S/c1-5-16-41(17-6-1)44-28-32-50(33-29-44)59(49-25-11-4-12-26-49)55-37-36-53-54-39-47-22-13-14-23-48(47)40-56(54)61-58(53)57(55)60(51-34-30-45(31-35-51)42-18-7-2-8-19-42)52-27-15-24-46(38-52)43-20-9-3-10-21-43/h1-40H. The molecule has 3 heteroatoms. The van der Waals surface area contributed by atoms with Crippen molar-refractivity contribution in [3.05, 3.63) is 243 Å². The molecule has 0 saturated carbocycles. The lowest BCUT2D eigenvalue weighted by molar-refractivity contribution is 1.24. The summed E-state index contributed by atoms with van der Waals surface area (Å²) < 4.78 is 2.49. The average Bonchev–Trinajstić information content (AvgIpc) is 3.70. The fourth-order valence-electron chi connectivity index (χ4n) is 8.63. The van der Waals surface area contributed by atoms with E-state index < -0.39 is 0 Å². The maximum Gasteiger partial charge on any atom is 0.0883 e. The lowest BCUT2D eigenvalue weighted by Gasteiger charge is -2.34. The maximum absolute atomic E-state index is 2.49. The minimum absolute atomic E-state index is 1.08. The zero-order valence-electron chi connectivity index (χ0n) is 33.4. The van der Waals surface area contributed by atoms with Gasteiger partial charge in [-0.15, -0.1) is 11.3 Å². The van der Waals surface area contributed by atoms with Gasteiger partial charge in [-0.1, -0.05) is 176 Å². The van der Waals surface area contributed by atoms with Gasteiger partial charge in [0.05, 0.1) is 16.1 Å². The molecule has 0 spiro atoms. The highest BCUT2D eigenvalue weighted by molar-refractivity contribution is 7.26. The summed E-state index contributed by atoms with van der Waals surface area (Å²) in [4.78, 5) is 4.92. The molecule has 10 aromatic carbocycles. The van der Waals surface area contributed by atoms with Crippen molar-refractivity contribution >= 4 is 76.4 Å². The molecule has 0 unspecified atom stereocenters. The van der Waals surface area contributed by atoms with Crippen molar-refractivity contribution < 1.29 is 0 Å². The number of nitrogens with zero attached hydrogens (tertiary/aromatic N) is 2. The molecule has 0 N–H and O–H groups in total. The molecule has 0 aliphatic heterocycles. The summed E-state index contributed by atoms with van der Waals surface area (Å²) in [6.07, 6.45) is 0. The Kier molecular flexibility index (Phi) is 9.42. The first-order valence-electron chi connectivity index (χ1n) is 20.7. The molecule has 0 aliphatic carbocycles. The van der Waals surface area contributed by atoms with Crippen LogP contribution in [0.3, 0.4) is 0 Å². The van der Waals surface area contributed by atoms with Crippen LogP contribution in [0.2, 0.25) is 0 Å². The third kappa shape index (κ3) is 6.91. The number of anilines is 6. The fraction of sp³-hybridized carbons (Fsp3) is 0. The van der Waals surface area contributed by atoms with Crippen molar-refractivity contribution in [2.45, 2.75) is 0 Å². The molecule has 0 amide bonds. The summed E-state index contributed by atoms with van der Waals surface area (Å²) in [6.45, 7) is 0. The van der Waals surface area contributed by atoms with Crippen LogP contribution < -0.4 is 9.80 Å². The summed E-state index contributed by atoms with van der Waals surface area (Å²) in [5.74, 6) is 0. The number of hydrogen-bond acceptors (Lipinski definition) is 3. The van der Waals surface area contributed by atoms with Gasteiger partial charge in [-0.2, -0.15) is 0 Å². The number of hydrogen-bond donors (Lipinski definition) is 0. The van der Waals surface area contributed by atoms with Gasteiger partial charge in [0.2, 0.25) is 0 Å². The maximum atomic E-state index is 2.49. The zero-order chi connectivity index (χ0) is 40.5. The van der Waals surface area contributed by atoms with Gasteiger partial charge in [-0.25, -0.2) is 0 Å². The molecule has 0 radical (unpaired) electrons. The topological polar surface area (TPSA) is 6.48 Å². The van der Waals surface area contributed by atoms with Crippen LogP contribution in [0.1, 0.15) is 0 Å². The molecule has 0 atom stereocenters. The third-order valence-corrected chi connectivity index (χ3v) is 12.8. The molecule has 0 aliphatic rings. The predicted molar refractivity (Wildman–Crippen MR) is 263 cm³/mol. The van der Waals surface area contributed by atoms with E-state index in [2.05, 4.69) is 252 Å². The molecular weight excluding hydrogens is 757 g/mol. The number of benzene rings is 10. The van der Waals surface area contributed by atoms with Gasteiger partial charge in [0.25, 0.3) is 0 Å². The Bertz CT molecular complexity index is 3270. The molecule has 1 heterocycles. The van der Waals surface area contributed by atoms with E-state index in [1.807, 2.05) is 11.3 Å². The first-order chi connectivity index (χ1) is 30.2. The second-order valence-electron chi connectivity index (χ2n) is 15.4. The Labute approximate surface area is 360 Å². The lowest BCUT2D eigenvalue weighted by Crippen LogP contribution is -2.17. The van der Waals surface area contributed by atoms with Crippen molar-refractivity contribution in [1.82, 2.24) is 0 Å². The van der Waals surface area contributed by atoms with E-state index in [-0.39, 0.29) is 0 Å². The van der Waals surface area contributed by atoms with Gasteiger partial charge >= 0.3 is 0 Å². The van der Waals surface area contributed by atoms with E-state index in [0.29, 0.717) is 0 Å². The smallest absolute Gasteiger partial charge is 0.0883 e. The van der Waals surface area contributed by atoms with E-state index >= 15 is 0 Å². The van der Waals surface area contributed by atoms with E-state index in [1.54, 1.807) is 0 Å². The van der Waals surface area contributed by atoms with Gasteiger partial charge in [0.15, 0.2) is 0 Å². The van der Waals surface area contributed by atoms with Crippen molar-refractivity contribution in [3.63, 3.8) is 0 Å². The Morgan fingerprint density at radius 2 is 0.721 bits per heavy atom. The van der Waals surface area contributed by atoms with Crippen LogP contribution in [0.15, 0.2) is 243 Å². The van der Waals surface area contributed by atoms with Crippen LogP contribution in [0.5, 0.6) is 0 Å². The van der Waals surface area contributed by atoms with E-state index in [0.717, 1.165) is 39.7 Å². The summed E-state index contributed by atoms with van der Waals surface area (Å²) in [7, 11) is 0. The molecule has 61 heavy (non-hydrogen) atoms. The van der Waals surface area contributed by atoms with Gasteiger partial charge in [-0.05, 0) is 111 Å². The summed E-state index contributed by atoms with van der Waals surface area (Å²) in [6, 6.07) is 87.9. The third-order valence-electron chi connectivity index (χ3n) is 11.6. The minimum Gasteiger partial charge on any atom is -0.308 e. The first kappa shape index (κ1) is 36.4. The van der Waals surface area contributed by atoms with E-state index in [9.17, 15) is 0 Å². The fourth-order valence-corrected chi connectivity index (χ4v) is 9.90. The number of fused-ring (bicyclic) bond motifs is 4. The highest BCUT2D eigenvalue weighted by Gasteiger charge is 2.27. The van der Waals surface area contributed by atoms with Crippen LogP contribution in [-0.2, 0) is 0 Å². The van der Waals surface area contributed by atoms with Crippen molar-refractivity contribution in [2.75, 3.05) is 9.80 Å². The predicted octanol–water partition coefficient (Wildman–Crippen LogP) is 17.1. The van der Waals surface area contributed by atoms with E-state index in [1.165, 1.54) is 58.8 Å². The van der Waals surface area contributed by atoms with Gasteiger partial charge in [0, 0.05) is 38.2 Å². The monoisotopic (exact) mass is 796 g/mol. The minimum atomic E-state index is 1.08. The van der Waals surface area contributed by atoms with Gasteiger partial charge < -0.3 is 9.80 Å². The van der Waals surface area contributed by atoms with Gasteiger partial charge in [-0.3, -0.25) is 0 Å². The molecule has 11 aromatic rings. The summed E-state index contributed by atoms with van der Waals surface area (Å²) in [5, 5.41) is 5.00. The van der Waals surface area contributed by atoms with Crippen molar-refractivity contribution in [2.24, 2.45) is 0 Å².